The largest absolute Gasteiger partial charge is 0.468 e. The quantitative estimate of drug-likeness (QED) is 0.584. The van der Waals surface area contributed by atoms with E-state index in [0.717, 1.165) is 14.2 Å². The lowest BCUT2D eigenvalue weighted by Crippen LogP contribution is -2.42. The van der Waals surface area contributed by atoms with Crippen LogP contribution >= 0.6 is 0 Å². The van der Waals surface area contributed by atoms with Gasteiger partial charge >= 0.3 is 11.9 Å². The van der Waals surface area contributed by atoms with E-state index < -0.39 is 36.3 Å². The fraction of sp³-hybridized carbons (Fsp3) is 0.467. The van der Waals surface area contributed by atoms with Gasteiger partial charge in [-0.05, 0) is 37.8 Å². The van der Waals surface area contributed by atoms with Crippen LogP contribution < -0.4 is 0 Å². The summed E-state index contributed by atoms with van der Waals surface area (Å²) in [6, 6.07) is -0.0777. The Bertz CT molecular complexity index is 648. The summed E-state index contributed by atoms with van der Waals surface area (Å²) in [5.74, 6) is -1.71. The zero-order valence-corrected chi connectivity index (χ0v) is 11.1. The normalized spacial score (nSPS) is 25.1. The van der Waals surface area contributed by atoms with Crippen LogP contribution in [-0.4, -0.2) is 26.2 Å². The van der Waals surface area contributed by atoms with Crippen molar-refractivity contribution >= 4 is 11.9 Å². The van der Waals surface area contributed by atoms with Crippen LogP contribution in [0, 0.1) is 5.41 Å². The van der Waals surface area contributed by atoms with Gasteiger partial charge in [-0.1, -0.05) is 24.2 Å². The van der Waals surface area contributed by atoms with E-state index in [1.165, 1.54) is 13.0 Å². The molecule has 4 nitrogen and oxygen atoms in total. The van der Waals surface area contributed by atoms with E-state index in [2.05, 4.69) is 0 Å². The fourth-order valence-corrected chi connectivity index (χ4v) is 2.13. The molecule has 0 aromatic heterocycles. The molecule has 1 aliphatic carbocycles. The smallest absolute Gasteiger partial charge is 0.323 e. The molecule has 0 bridgehead atoms. The van der Waals surface area contributed by atoms with E-state index in [1.54, 1.807) is 0 Å². The van der Waals surface area contributed by atoms with Crippen molar-refractivity contribution in [1.82, 2.24) is 0 Å². The molecular formula is C15H20O4. The molecule has 104 valence electrons. The first-order chi connectivity index (χ1) is 11.4. The third-order valence-corrected chi connectivity index (χ3v) is 3.18. The topological polar surface area (TPSA) is 52.6 Å². The Hall–Kier alpha value is -1.84. The fourth-order valence-electron chi connectivity index (χ4n) is 2.13. The highest BCUT2D eigenvalue weighted by molar-refractivity contribution is 6.01. The van der Waals surface area contributed by atoms with Crippen molar-refractivity contribution in [2.24, 2.45) is 5.41 Å². The zero-order valence-electron chi connectivity index (χ0n) is 17.1. The van der Waals surface area contributed by atoms with Crippen molar-refractivity contribution in [2.45, 2.75) is 26.6 Å². The molecule has 0 aliphatic heterocycles. The molecule has 0 amide bonds. The average Bonchev–Trinajstić information content (AvgIpc) is 2.51. The Morgan fingerprint density at radius 1 is 1.53 bits per heavy atom. The maximum atomic E-state index is 12.2. The van der Waals surface area contributed by atoms with E-state index >= 15 is 0 Å². The highest BCUT2D eigenvalue weighted by Gasteiger charge is 2.50. The molecule has 0 heterocycles. The van der Waals surface area contributed by atoms with E-state index in [0.29, 0.717) is 0 Å². The van der Waals surface area contributed by atoms with Gasteiger partial charge in [-0.2, -0.15) is 0 Å². The molecule has 19 heavy (non-hydrogen) atoms. The van der Waals surface area contributed by atoms with E-state index in [-0.39, 0.29) is 30.0 Å². The summed E-state index contributed by atoms with van der Waals surface area (Å²) in [6.45, 7) is -2.28. The lowest BCUT2D eigenvalue weighted by atomic mass is 9.71. The lowest BCUT2D eigenvalue weighted by Gasteiger charge is -2.32. The van der Waals surface area contributed by atoms with Gasteiger partial charge in [0.05, 0.1) is 18.3 Å². The molecular weight excluding hydrogens is 244 g/mol. The average molecular weight is 270 g/mol. The van der Waals surface area contributed by atoms with E-state index in [9.17, 15) is 9.59 Å². The zero-order chi connectivity index (χ0) is 19.6. The van der Waals surface area contributed by atoms with E-state index in [1.807, 2.05) is 0 Å². The molecule has 0 saturated heterocycles. The summed E-state index contributed by atoms with van der Waals surface area (Å²) < 4.78 is 54.9. The second-order valence-electron chi connectivity index (χ2n) is 4.17. The number of allylic oxidation sites excluding steroid dienone is 5. The summed E-state index contributed by atoms with van der Waals surface area (Å²) in [4.78, 5) is 24.5. The number of carbonyl (C=O) groups excluding carboxylic acids is 2. The second-order valence-corrected chi connectivity index (χ2v) is 4.17. The Labute approximate surface area is 122 Å². The number of esters is 2. The number of hydrogen-bond acceptors (Lipinski definition) is 4. The molecule has 0 unspecified atom stereocenters. The van der Waals surface area contributed by atoms with Crippen LogP contribution in [0.4, 0.5) is 0 Å². The molecule has 0 spiro atoms. The standard InChI is InChI=1S/C15H20O4/c1-6-11-9-15(13(16)18-4,14(17)19-5)8-7-12(11)10(2)3/h6-7H,2,8-9H2,1,3-5H3/b11-6+/i2D2,3D3,6D. The van der Waals surface area contributed by atoms with Crippen molar-refractivity contribution in [2.75, 3.05) is 14.2 Å². The molecule has 4 heteroatoms. The van der Waals surface area contributed by atoms with Gasteiger partial charge < -0.3 is 9.47 Å². The predicted octanol–water partition coefficient (Wildman–Crippen LogP) is 2.56. The van der Waals surface area contributed by atoms with Crippen LogP contribution in [0.3, 0.4) is 0 Å². The Kier molecular flexibility index (Phi) is 2.58. The first-order valence-corrected chi connectivity index (χ1v) is 5.64. The van der Waals surface area contributed by atoms with Crippen LogP contribution in [-0.2, 0) is 19.1 Å². The maximum absolute atomic E-state index is 12.2. The monoisotopic (exact) mass is 270 g/mol. The molecule has 0 radical (unpaired) electrons. The molecule has 0 aromatic rings. The molecule has 0 aromatic carbocycles. The van der Waals surface area contributed by atoms with Gasteiger partial charge in [-0.25, -0.2) is 0 Å². The third kappa shape index (κ3) is 2.62. The molecule has 0 saturated carbocycles. The highest BCUT2D eigenvalue weighted by Crippen LogP contribution is 2.42. The van der Waals surface area contributed by atoms with Gasteiger partial charge in [-0.15, -0.1) is 0 Å². The third-order valence-electron chi connectivity index (χ3n) is 3.18. The molecule has 1 aliphatic rings. The molecule has 0 atom stereocenters. The van der Waals surface area contributed by atoms with Crippen molar-refractivity contribution in [1.29, 1.82) is 0 Å². The van der Waals surface area contributed by atoms with Crippen LogP contribution in [0.1, 0.15) is 34.8 Å². The number of rotatable bonds is 3. The number of ether oxygens (including phenoxy) is 2. The summed E-state index contributed by atoms with van der Waals surface area (Å²) in [5.41, 5.74) is -2.16. The highest BCUT2D eigenvalue weighted by atomic mass is 16.5. The molecule has 1 rings (SSSR count). The van der Waals surface area contributed by atoms with Crippen molar-refractivity contribution in [3.63, 3.8) is 0 Å². The van der Waals surface area contributed by atoms with Gasteiger partial charge in [0.1, 0.15) is 0 Å². The van der Waals surface area contributed by atoms with Crippen molar-refractivity contribution in [3.05, 3.63) is 35.4 Å². The minimum atomic E-state index is -2.75. The van der Waals surface area contributed by atoms with Crippen LogP contribution in [0.5, 0.6) is 0 Å². The first-order valence-electron chi connectivity index (χ1n) is 8.64. The second kappa shape index (κ2) is 5.87. The SMILES string of the molecule is [2H]C([2H])=C(C1=CCC(C(=O)OC)(C(=O)OC)C/C1=C(/[2H])C)C([2H])([2H])[2H]. The van der Waals surface area contributed by atoms with Gasteiger partial charge in [0.25, 0.3) is 0 Å². The number of carbonyl (C=O) groups is 2. The Balaban J connectivity index is 3.65. The molecule has 0 N–H and O–H groups in total. The van der Waals surface area contributed by atoms with Gasteiger partial charge in [-0.3, -0.25) is 9.59 Å². The predicted molar refractivity (Wildman–Crippen MR) is 72.4 cm³/mol. The van der Waals surface area contributed by atoms with E-state index in [4.69, 9.17) is 17.7 Å². The number of hydrogen-bond donors (Lipinski definition) is 0. The van der Waals surface area contributed by atoms with Gasteiger partial charge in [0, 0.05) is 4.11 Å². The minimum absolute atomic E-state index is 0.0101. The molecule has 0 fully saturated rings. The minimum Gasteiger partial charge on any atom is -0.468 e. The van der Waals surface area contributed by atoms with Crippen LogP contribution in [0.25, 0.3) is 0 Å². The Morgan fingerprint density at radius 2 is 2.16 bits per heavy atom. The first kappa shape index (κ1) is 8.35. The van der Waals surface area contributed by atoms with Crippen molar-refractivity contribution in [3.8, 4) is 0 Å². The summed E-state index contributed by atoms with van der Waals surface area (Å²) >= 11 is 0. The summed E-state index contributed by atoms with van der Waals surface area (Å²) in [7, 11) is 2.23. The number of methoxy groups -OCH3 is 2. The summed E-state index contributed by atoms with van der Waals surface area (Å²) in [5, 5.41) is 0. The van der Waals surface area contributed by atoms with Crippen LogP contribution in [0.2, 0.25) is 0 Å². The van der Waals surface area contributed by atoms with Crippen LogP contribution in [0.15, 0.2) is 35.4 Å². The van der Waals surface area contributed by atoms with Crippen molar-refractivity contribution < 1.29 is 27.3 Å². The maximum Gasteiger partial charge on any atom is 0.323 e. The van der Waals surface area contributed by atoms with Gasteiger partial charge in [0.15, 0.2) is 5.41 Å². The Morgan fingerprint density at radius 3 is 2.58 bits per heavy atom. The van der Waals surface area contributed by atoms with Gasteiger partial charge in [0.2, 0.25) is 0 Å². The summed E-state index contributed by atoms with van der Waals surface area (Å²) in [6.07, 6.45) is 0.765. The lowest BCUT2D eigenvalue weighted by molar-refractivity contribution is -0.169.